The van der Waals surface area contributed by atoms with Gasteiger partial charge >= 0.3 is 0 Å². The molecule has 106 valence electrons. The lowest BCUT2D eigenvalue weighted by Crippen LogP contribution is -2.32. The molecule has 0 bridgehead atoms. The molecule has 1 rings (SSSR count). The highest BCUT2D eigenvalue weighted by Crippen LogP contribution is 2.22. The number of carbonyl (C=O) groups is 2. The molecule has 0 unspecified atom stereocenters. The Hall–Kier alpha value is -1.44. The number of nitrogens with one attached hydrogen (secondary N) is 2. The number of rotatable bonds is 8. The van der Waals surface area contributed by atoms with Gasteiger partial charge < -0.3 is 16.4 Å². The number of carbonyl (C=O) groups excluding carboxylic acids is 2. The Labute approximate surface area is 117 Å². The van der Waals surface area contributed by atoms with Crippen molar-refractivity contribution in [2.24, 2.45) is 5.73 Å². The number of anilines is 1. The zero-order chi connectivity index (χ0) is 14.3. The summed E-state index contributed by atoms with van der Waals surface area (Å²) in [5.74, 6) is -0.671. The van der Waals surface area contributed by atoms with Crippen LogP contribution in [0.3, 0.4) is 0 Å². The van der Waals surface area contributed by atoms with Crippen molar-refractivity contribution in [3.63, 3.8) is 0 Å². The van der Waals surface area contributed by atoms with E-state index in [0.29, 0.717) is 17.1 Å². The third-order valence-electron chi connectivity index (χ3n) is 2.56. The van der Waals surface area contributed by atoms with Crippen LogP contribution in [0.4, 0.5) is 5.00 Å². The Balaban J connectivity index is 2.42. The van der Waals surface area contributed by atoms with E-state index in [1.165, 1.54) is 11.3 Å². The SMILES string of the molecule is CNCCCN(C)CC(=O)Nc1sccc1C(N)=O. The fraction of sp³-hybridized carbons (Fsp3) is 0.500. The summed E-state index contributed by atoms with van der Waals surface area (Å²) in [7, 11) is 3.79. The second kappa shape index (κ2) is 7.88. The van der Waals surface area contributed by atoms with Gasteiger partial charge in [0.15, 0.2) is 0 Å². The molecule has 19 heavy (non-hydrogen) atoms. The van der Waals surface area contributed by atoms with Crippen LogP contribution in [0.15, 0.2) is 11.4 Å². The van der Waals surface area contributed by atoms with Gasteiger partial charge in [0.25, 0.3) is 5.91 Å². The minimum atomic E-state index is -0.529. The summed E-state index contributed by atoms with van der Waals surface area (Å²) in [6.07, 6.45) is 0.978. The number of hydrogen-bond donors (Lipinski definition) is 3. The average molecular weight is 284 g/mol. The van der Waals surface area contributed by atoms with Crippen molar-refractivity contribution in [3.8, 4) is 0 Å². The molecule has 0 radical (unpaired) electrons. The molecular formula is C12H20N4O2S. The molecule has 0 saturated heterocycles. The molecule has 2 amide bonds. The highest BCUT2D eigenvalue weighted by molar-refractivity contribution is 7.14. The van der Waals surface area contributed by atoms with Crippen LogP contribution in [0.1, 0.15) is 16.8 Å². The average Bonchev–Trinajstić information content (AvgIpc) is 2.77. The fourth-order valence-corrected chi connectivity index (χ4v) is 2.42. The van der Waals surface area contributed by atoms with E-state index < -0.39 is 5.91 Å². The summed E-state index contributed by atoms with van der Waals surface area (Å²) in [6, 6.07) is 1.61. The van der Waals surface area contributed by atoms with Crippen LogP contribution in [0, 0.1) is 0 Å². The maximum Gasteiger partial charge on any atom is 0.251 e. The lowest BCUT2D eigenvalue weighted by molar-refractivity contribution is -0.117. The molecule has 6 nitrogen and oxygen atoms in total. The van der Waals surface area contributed by atoms with Crippen molar-refractivity contribution < 1.29 is 9.59 Å². The van der Waals surface area contributed by atoms with Crippen molar-refractivity contribution in [3.05, 3.63) is 17.0 Å². The van der Waals surface area contributed by atoms with Crippen molar-refractivity contribution in [2.45, 2.75) is 6.42 Å². The van der Waals surface area contributed by atoms with Crippen LogP contribution >= 0.6 is 11.3 Å². The minimum Gasteiger partial charge on any atom is -0.366 e. The highest BCUT2D eigenvalue weighted by atomic mass is 32.1. The van der Waals surface area contributed by atoms with Gasteiger partial charge in [-0.05, 0) is 45.1 Å². The van der Waals surface area contributed by atoms with E-state index in [-0.39, 0.29) is 5.91 Å². The van der Waals surface area contributed by atoms with Crippen molar-refractivity contribution in [2.75, 3.05) is 39.0 Å². The normalized spacial score (nSPS) is 10.7. The van der Waals surface area contributed by atoms with Crippen molar-refractivity contribution in [1.82, 2.24) is 10.2 Å². The molecule has 0 spiro atoms. The Morgan fingerprint density at radius 1 is 1.47 bits per heavy atom. The maximum atomic E-state index is 11.8. The largest absolute Gasteiger partial charge is 0.366 e. The smallest absolute Gasteiger partial charge is 0.251 e. The van der Waals surface area contributed by atoms with E-state index in [1.807, 2.05) is 19.0 Å². The number of hydrogen-bond acceptors (Lipinski definition) is 5. The van der Waals surface area contributed by atoms with Crippen LogP contribution in [0.2, 0.25) is 0 Å². The van der Waals surface area contributed by atoms with Crippen LogP contribution in [-0.2, 0) is 4.79 Å². The summed E-state index contributed by atoms with van der Waals surface area (Å²) in [6.45, 7) is 2.05. The second-order valence-electron chi connectivity index (χ2n) is 4.27. The van der Waals surface area contributed by atoms with Gasteiger partial charge in [0, 0.05) is 0 Å². The van der Waals surface area contributed by atoms with Gasteiger partial charge in [-0.15, -0.1) is 11.3 Å². The molecule has 1 aromatic heterocycles. The van der Waals surface area contributed by atoms with Gasteiger partial charge in [-0.3, -0.25) is 14.5 Å². The maximum absolute atomic E-state index is 11.8. The molecule has 0 atom stereocenters. The third-order valence-corrected chi connectivity index (χ3v) is 3.39. The van der Waals surface area contributed by atoms with Gasteiger partial charge in [0.1, 0.15) is 5.00 Å². The molecule has 1 aromatic rings. The monoisotopic (exact) mass is 284 g/mol. The Kier molecular flexibility index (Phi) is 6.48. The number of likely N-dealkylation sites (N-methyl/N-ethyl adjacent to an activating group) is 1. The topological polar surface area (TPSA) is 87.5 Å². The standard InChI is InChI=1S/C12H20N4O2S/c1-14-5-3-6-16(2)8-10(17)15-12-9(11(13)18)4-7-19-12/h4,7,14H,3,5-6,8H2,1-2H3,(H2,13,18)(H,15,17). The molecule has 0 aliphatic carbocycles. The second-order valence-corrected chi connectivity index (χ2v) is 5.19. The number of primary amides is 1. The van der Waals surface area contributed by atoms with Crippen LogP contribution in [0.25, 0.3) is 0 Å². The molecule has 0 aliphatic heterocycles. The molecule has 1 heterocycles. The van der Waals surface area contributed by atoms with Crippen LogP contribution in [-0.4, -0.2) is 50.4 Å². The number of thiophene rings is 1. The third kappa shape index (κ3) is 5.37. The number of nitrogens with two attached hydrogens (primary N) is 1. The summed E-state index contributed by atoms with van der Waals surface area (Å²) in [5.41, 5.74) is 5.57. The minimum absolute atomic E-state index is 0.142. The summed E-state index contributed by atoms with van der Waals surface area (Å²) in [4.78, 5) is 24.9. The highest BCUT2D eigenvalue weighted by Gasteiger charge is 2.13. The van der Waals surface area contributed by atoms with Gasteiger partial charge in [0.2, 0.25) is 5.91 Å². The van der Waals surface area contributed by atoms with E-state index in [9.17, 15) is 9.59 Å². The van der Waals surface area contributed by atoms with Gasteiger partial charge in [0.05, 0.1) is 12.1 Å². The van der Waals surface area contributed by atoms with Gasteiger partial charge in [-0.2, -0.15) is 0 Å². The molecule has 7 heteroatoms. The Bertz CT molecular complexity index is 433. The zero-order valence-corrected chi connectivity index (χ0v) is 12.0. The van der Waals surface area contributed by atoms with Crippen LogP contribution < -0.4 is 16.4 Å². The number of amides is 2. The molecule has 0 aromatic carbocycles. The summed E-state index contributed by atoms with van der Waals surface area (Å²) < 4.78 is 0. The lowest BCUT2D eigenvalue weighted by atomic mass is 10.3. The molecule has 0 aliphatic rings. The van der Waals surface area contributed by atoms with Gasteiger partial charge in [-0.1, -0.05) is 0 Å². The lowest BCUT2D eigenvalue weighted by Gasteiger charge is -2.15. The molecule has 0 saturated carbocycles. The first-order valence-electron chi connectivity index (χ1n) is 6.05. The first kappa shape index (κ1) is 15.6. The fourth-order valence-electron chi connectivity index (χ4n) is 1.62. The predicted molar refractivity (Wildman–Crippen MR) is 77.5 cm³/mol. The van der Waals surface area contributed by atoms with Crippen LogP contribution in [0.5, 0.6) is 0 Å². The predicted octanol–water partition coefficient (Wildman–Crippen LogP) is 0.327. The quantitative estimate of drug-likeness (QED) is 0.600. The van der Waals surface area contributed by atoms with Crippen molar-refractivity contribution in [1.29, 1.82) is 0 Å². The van der Waals surface area contributed by atoms with E-state index in [0.717, 1.165) is 19.5 Å². The number of nitrogens with zero attached hydrogens (tertiary/aromatic N) is 1. The molecule has 0 fully saturated rings. The first-order valence-corrected chi connectivity index (χ1v) is 6.93. The first-order chi connectivity index (χ1) is 9.04. The molecular weight excluding hydrogens is 264 g/mol. The van der Waals surface area contributed by atoms with Gasteiger partial charge in [-0.25, -0.2) is 0 Å². The van der Waals surface area contributed by atoms with E-state index in [2.05, 4.69) is 10.6 Å². The zero-order valence-electron chi connectivity index (χ0n) is 11.2. The Morgan fingerprint density at radius 3 is 2.84 bits per heavy atom. The van der Waals surface area contributed by atoms with E-state index in [4.69, 9.17) is 5.73 Å². The van der Waals surface area contributed by atoms with Crippen molar-refractivity contribution >= 4 is 28.2 Å². The summed E-state index contributed by atoms with van der Waals surface area (Å²) >= 11 is 1.29. The summed E-state index contributed by atoms with van der Waals surface area (Å²) in [5, 5.41) is 8.01. The van der Waals surface area contributed by atoms with E-state index >= 15 is 0 Å². The molecule has 4 N–H and O–H groups in total. The van der Waals surface area contributed by atoms with E-state index in [1.54, 1.807) is 11.4 Å². The Morgan fingerprint density at radius 2 is 2.21 bits per heavy atom.